The van der Waals surface area contributed by atoms with Crippen molar-refractivity contribution in [2.45, 2.75) is 57.4 Å². The second-order valence-corrected chi connectivity index (χ2v) is 9.03. The lowest BCUT2D eigenvalue weighted by Gasteiger charge is -2.36. The van der Waals surface area contributed by atoms with Gasteiger partial charge in [0.25, 0.3) is 5.91 Å². The van der Waals surface area contributed by atoms with E-state index in [0.717, 1.165) is 31.2 Å². The topological polar surface area (TPSA) is 156 Å². The molecule has 1 unspecified atom stereocenters. The second-order valence-electron chi connectivity index (χ2n) is 9.03. The number of nitrogens with two attached hydrogens (primary N) is 1. The summed E-state index contributed by atoms with van der Waals surface area (Å²) in [5.41, 5.74) is 6.51. The molecule has 1 aliphatic heterocycles. The van der Waals surface area contributed by atoms with Gasteiger partial charge in [0.1, 0.15) is 0 Å². The highest BCUT2D eigenvalue weighted by Gasteiger charge is 2.58. The molecular weight excluding hydrogens is 428 g/mol. The molecule has 11 nitrogen and oxygen atoms in total. The molecule has 3 atom stereocenters. The summed E-state index contributed by atoms with van der Waals surface area (Å²) in [6.45, 7) is 0.181. The maximum Gasteiger partial charge on any atom is 0.424 e. The number of hydrogen-bond donors (Lipinski definition) is 3. The van der Waals surface area contributed by atoms with Crippen molar-refractivity contribution < 1.29 is 28.9 Å². The number of likely N-dealkylation sites (tertiary alicyclic amines) is 1. The van der Waals surface area contributed by atoms with Gasteiger partial charge in [0.2, 0.25) is 6.41 Å². The van der Waals surface area contributed by atoms with E-state index >= 15 is 0 Å². The summed E-state index contributed by atoms with van der Waals surface area (Å²) < 4.78 is -0.714. The van der Waals surface area contributed by atoms with Gasteiger partial charge in [-0.15, -0.1) is 0 Å². The first kappa shape index (κ1) is 24.7. The van der Waals surface area contributed by atoms with E-state index in [-0.39, 0.29) is 32.0 Å². The monoisotopic (exact) mass is 461 g/mol. The molecule has 1 saturated heterocycles. The minimum absolute atomic E-state index is 0.156. The summed E-state index contributed by atoms with van der Waals surface area (Å²) >= 11 is 0. The van der Waals surface area contributed by atoms with Crippen LogP contribution in [0.2, 0.25) is 0 Å². The van der Waals surface area contributed by atoms with Crippen molar-refractivity contribution in [1.29, 1.82) is 0 Å². The molecule has 1 aliphatic carbocycles. The van der Waals surface area contributed by atoms with Gasteiger partial charge in [0.05, 0.1) is 25.2 Å². The molecule has 180 valence electrons. The molecule has 3 rings (SSSR count). The molecule has 1 saturated carbocycles. The summed E-state index contributed by atoms with van der Waals surface area (Å²) in [6, 6.07) is 0.230. The Kier molecular flexibility index (Phi) is 8.45. The van der Waals surface area contributed by atoms with Crippen molar-refractivity contribution in [1.82, 2.24) is 20.6 Å². The normalized spacial score (nSPS) is 23.7. The Morgan fingerprint density at radius 1 is 1.24 bits per heavy atom. The first-order valence-corrected chi connectivity index (χ1v) is 11.5. The molecule has 1 aromatic rings. The van der Waals surface area contributed by atoms with Crippen LogP contribution in [0.4, 0.5) is 4.79 Å². The molecule has 0 spiro atoms. The predicted molar refractivity (Wildman–Crippen MR) is 116 cm³/mol. The van der Waals surface area contributed by atoms with Crippen molar-refractivity contribution in [3.8, 4) is 0 Å². The Morgan fingerprint density at radius 3 is 2.64 bits per heavy atom. The third-order valence-corrected chi connectivity index (χ3v) is 6.91. The molecular formula is C22H33N6O5+. The van der Waals surface area contributed by atoms with Gasteiger partial charge in [0.15, 0.2) is 6.04 Å². The molecule has 2 fully saturated rings. The van der Waals surface area contributed by atoms with Crippen LogP contribution in [0.5, 0.6) is 0 Å². The summed E-state index contributed by atoms with van der Waals surface area (Å²) in [5, 5.41) is 20.6. The van der Waals surface area contributed by atoms with Gasteiger partial charge in [0, 0.05) is 25.6 Å². The standard InChI is InChI=1S/C22H32N6O5/c23-20(30)19-6-3-11-28(19,22(32)24-9-7-17-8-10-25-26-13-17)21(31)18(14-27(33)15-29)12-16-4-1-2-5-16/h8,10,13,15-16,18-19,33H,1-7,9,11-12,14H2,(H2-,23,24,30,32)/p+1/t18-,19+,28?/m1/s1. The number of aromatic nitrogens is 2. The van der Waals surface area contributed by atoms with Gasteiger partial charge in [-0.2, -0.15) is 14.7 Å². The van der Waals surface area contributed by atoms with Crippen LogP contribution in [0.25, 0.3) is 0 Å². The lowest BCUT2D eigenvalue weighted by molar-refractivity contribution is -0.779. The van der Waals surface area contributed by atoms with Crippen molar-refractivity contribution in [3.63, 3.8) is 0 Å². The maximum atomic E-state index is 13.9. The number of imide groups is 1. The van der Waals surface area contributed by atoms with Gasteiger partial charge in [-0.1, -0.05) is 25.7 Å². The van der Waals surface area contributed by atoms with Crippen molar-refractivity contribution in [2.75, 3.05) is 19.6 Å². The van der Waals surface area contributed by atoms with Crippen LogP contribution in [-0.4, -0.2) is 74.9 Å². The Hall–Kier alpha value is -2.92. The van der Waals surface area contributed by atoms with E-state index in [0.29, 0.717) is 30.7 Å². The molecule has 2 heterocycles. The number of amides is 5. The number of rotatable bonds is 10. The first-order valence-electron chi connectivity index (χ1n) is 11.5. The average molecular weight is 462 g/mol. The zero-order valence-corrected chi connectivity index (χ0v) is 18.8. The van der Waals surface area contributed by atoms with Gasteiger partial charge in [-0.3, -0.25) is 14.8 Å². The Balaban J connectivity index is 1.83. The highest BCUT2D eigenvalue weighted by molar-refractivity contribution is 5.91. The Labute approximate surface area is 192 Å². The van der Waals surface area contributed by atoms with Gasteiger partial charge in [-0.25, -0.2) is 14.7 Å². The van der Waals surface area contributed by atoms with Crippen LogP contribution in [0.3, 0.4) is 0 Å². The molecule has 5 amide bonds. The Bertz CT molecular complexity index is 847. The fourth-order valence-corrected chi connectivity index (χ4v) is 5.29. The van der Waals surface area contributed by atoms with Gasteiger partial charge in [-0.05, 0) is 30.4 Å². The number of primary amides is 1. The quantitative estimate of drug-likeness (QED) is 0.201. The fraction of sp³-hybridized carbons (Fsp3) is 0.636. The highest BCUT2D eigenvalue weighted by atomic mass is 16.5. The lowest BCUT2D eigenvalue weighted by atomic mass is 9.90. The third kappa shape index (κ3) is 5.72. The number of hydroxylamine groups is 2. The number of quaternary nitrogens is 1. The molecule has 0 aromatic carbocycles. The van der Waals surface area contributed by atoms with E-state index in [1.165, 1.54) is 0 Å². The number of nitrogens with zero attached hydrogens (tertiary/aromatic N) is 4. The molecule has 1 aromatic heterocycles. The number of nitrogens with one attached hydrogen (secondary N) is 1. The van der Waals surface area contributed by atoms with Gasteiger partial charge < -0.3 is 11.1 Å². The van der Waals surface area contributed by atoms with Crippen LogP contribution in [0.1, 0.15) is 50.5 Å². The fourth-order valence-electron chi connectivity index (χ4n) is 5.29. The van der Waals surface area contributed by atoms with Crippen LogP contribution < -0.4 is 11.1 Å². The zero-order chi connectivity index (χ0) is 23.8. The molecule has 0 radical (unpaired) electrons. The maximum absolute atomic E-state index is 13.9. The smallest absolute Gasteiger partial charge is 0.364 e. The summed E-state index contributed by atoms with van der Waals surface area (Å²) in [7, 11) is 0. The highest BCUT2D eigenvalue weighted by Crippen LogP contribution is 2.36. The summed E-state index contributed by atoms with van der Waals surface area (Å²) in [5.74, 6) is -1.67. The SMILES string of the molecule is NC(=O)[C@@H]1CCC[N+]1(C(=O)NCCc1ccnnc1)C(=O)[C@H](CC1CCCC1)CN(O)C=O. The van der Waals surface area contributed by atoms with Gasteiger partial charge >= 0.3 is 11.9 Å². The number of carbonyl (C=O) groups excluding carboxylic acids is 4. The average Bonchev–Trinajstić information content (AvgIpc) is 3.49. The van der Waals surface area contributed by atoms with E-state index in [9.17, 15) is 24.4 Å². The van der Waals surface area contributed by atoms with Crippen molar-refractivity contribution in [2.24, 2.45) is 17.6 Å². The molecule has 11 heteroatoms. The molecule has 0 bridgehead atoms. The van der Waals surface area contributed by atoms with Crippen molar-refractivity contribution >= 4 is 24.3 Å². The van der Waals surface area contributed by atoms with Crippen LogP contribution >= 0.6 is 0 Å². The van der Waals surface area contributed by atoms with Crippen LogP contribution in [0.15, 0.2) is 18.5 Å². The number of carbonyl (C=O) groups is 4. The second kappa shape index (κ2) is 11.3. The van der Waals surface area contributed by atoms with Crippen molar-refractivity contribution in [3.05, 3.63) is 24.0 Å². The lowest BCUT2D eigenvalue weighted by Crippen LogP contribution is -2.68. The van der Waals surface area contributed by atoms with E-state index in [1.54, 1.807) is 18.5 Å². The third-order valence-electron chi connectivity index (χ3n) is 6.91. The van der Waals surface area contributed by atoms with Crippen LogP contribution in [-0.2, 0) is 20.8 Å². The minimum atomic E-state index is -0.977. The molecule has 4 N–H and O–H groups in total. The minimum Gasteiger partial charge on any atom is -0.364 e. The zero-order valence-electron chi connectivity index (χ0n) is 18.8. The number of hydrogen-bond acceptors (Lipinski definition) is 7. The summed E-state index contributed by atoms with van der Waals surface area (Å²) in [6.07, 6.45) is 9.20. The van der Waals surface area contributed by atoms with E-state index in [2.05, 4.69) is 15.5 Å². The molecule has 33 heavy (non-hydrogen) atoms. The van der Waals surface area contributed by atoms with E-state index in [4.69, 9.17) is 5.73 Å². The van der Waals surface area contributed by atoms with E-state index < -0.39 is 34.3 Å². The summed E-state index contributed by atoms with van der Waals surface area (Å²) in [4.78, 5) is 50.8. The number of urea groups is 1. The first-order chi connectivity index (χ1) is 15.9. The Morgan fingerprint density at radius 2 is 2.00 bits per heavy atom. The largest absolute Gasteiger partial charge is 0.424 e. The predicted octanol–water partition coefficient (Wildman–Crippen LogP) is 0.764. The molecule has 2 aliphatic rings. The van der Waals surface area contributed by atoms with E-state index in [1.807, 2.05) is 0 Å². The van der Waals surface area contributed by atoms with Crippen LogP contribution in [0, 0.1) is 11.8 Å².